The Morgan fingerprint density at radius 3 is 2.73 bits per heavy atom. The number of rotatable bonds is 9. The number of fused-ring (bicyclic) bond motifs is 1. The number of aromatic nitrogens is 4. The Morgan fingerprint density at radius 2 is 2.03 bits per heavy atom. The molecule has 0 radical (unpaired) electrons. The summed E-state index contributed by atoms with van der Waals surface area (Å²) in [6.45, 7) is 7.76. The van der Waals surface area contributed by atoms with E-state index < -0.39 is 0 Å². The first-order chi connectivity index (χ1) is 16.0. The molecule has 1 aliphatic heterocycles. The van der Waals surface area contributed by atoms with Crippen LogP contribution in [0.2, 0.25) is 0 Å². The molecular weight excluding hydrogens is 418 g/mol. The van der Waals surface area contributed by atoms with E-state index in [0.29, 0.717) is 35.1 Å². The number of aliphatic hydroxyl groups excluding tert-OH is 1. The number of benzene rings is 1. The van der Waals surface area contributed by atoms with Crippen molar-refractivity contribution in [1.29, 1.82) is 0 Å². The summed E-state index contributed by atoms with van der Waals surface area (Å²) < 4.78 is 7.51. The van der Waals surface area contributed by atoms with E-state index in [2.05, 4.69) is 34.0 Å². The van der Waals surface area contributed by atoms with Gasteiger partial charge in [-0.05, 0) is 69.3 Å². The number of hydrogen-bond acceptors (Lipinski definition) is 6. The van der Waals surface area contributed by atoms with Crippen molar-refractivity contribution >= 4 is 11.0 Å². The minimum Gasteiger partial charge on any atom is -0.493 e. The fourth-order valence-electron chi connectivity index (χ4n) is 4.80. The first kappa shape index (κ1) is 23.4. The fourth-order valence-corrected chi connectivity index (χ4v) is 4.80. The molecule has 3 heterocycles. The predicted molar refractivity (Wildman–Crippen MR) is 129 cm³/mol. The average Bonchev–Trinajstić information content (AvgIpc) is 3.12. The van der Waals surface area contributed by atoms with Crippen molar-refractivity contribution in [2.24, 2.45) is 13.0 Å². The monoisotopic (exact) mass is 453 g/mol. The largest absolute Gasteiger partial charge is 0.493 e. The van der Waals surface area contributed by atoms with Crippen LogP contribution < -0.4 is 10.3 Å². The zero-order valence-corrected chi connectivity index (χ0v) is 19.9. The number of nitrogens with one attached hydrogen (secondary N) is 1. The molecule has 0 atom stereocenters. The summed E-state index contributed by atoms with van der Waals surface area (Å²) in [6.07, 6.45) is 4.85. The van der Waals surface area contributed by atoms with Crippen molar-refractivity contribution < 1.29 is 9.84 Å². The maximum Gasteiger partial charge on any atom is 0.277 e. The van der Waals surface area contributed by atoms with Gasteiger partial charge in [-0.1, -0.05) is 19.4 Å². The predicted octanol–water partition coefficient (Wildman–Crippen LogP) is 3.27. The lowest BCUT2D eigenvalue weighted by atomic mass is 9.93. The fraction of sp³-hybridized carbons (Fsp3) is 0.560. The normalized spacial score (nSPS) is 15.4. The standard InChI is InChI=1S/C25H35N5O3/c1-4-6-20-22-23(29(3)28-20)25(32)27-24(26-22)19-15-18(7-8-21(19)33-5-2)16-30-12-9-17(10-13-30)11-14-31/h7-8,15,17,31H,4-6,9-14,16H2,1-3H3,(H,26,27,32). The van der Waals surface area contributed by atoms with Gasteiger partial charge in [0.25, 0.3) is 5.56 Å². The smallest absolute Gasteiger partial charge is 0.277 e. The van der Waals surface area contributed by atoms with Gasteiger partial charge in [-0.2, -0.15) is 5.10 Å². The van der Waals surface area contributed by atoms with Crippen LogP contribution in [-0.2, 0) is 20.0 Å². The topological polar surface area (TPSA) is 96.3 Å². The molecule has 1 fully saturated rings. The summed E-state index contributed by atoms with van der Waals surface area (Å²) in [5.41, 5.74) is 3.79. The summed E-state index contributed by atoms with van der Waals surface area (Å²) in [5.74, 6) is 1.86. The molecule has 0 saturated carbocycles. The Bertz CT molecular complexity index is 1140. The quantitative estimate of drug-likeness (QED) is 0.516. The van der Waals surface area contributed by atoms with Crippen molar-refractivity contribution in [1.82, 2.24) is 24.6 Å². The number of nitrogens with zero attached hydrogens (tertiary/aromatic N) is 4. The van der Waals surface area contributed by atoms with E-state index in [1.165, 1.54) is 0 Å². The van der Waals surface area contributed by atoms with E-state index in [4.69, 9.17) is 9.72 Å². The molecule has 3 aromatic rings. The lowest BCUT2D eigenvalue weighted by molar-refractivity contribution is 0.153. The van der Waals surface area contributed by atoms with Crippen molar-refractivity contribution in [3.8, 4) is 17.1 Å². The summed E-state index contributed by atoms with van der Waals surface area (Å²) in [7, 11) is 1.79. The van der Waals surface area contributed by atoms with E-state index in [1.807, 2.05) is 13.0 Å². The maximum atomic E-state index is 12.9. The number of piperidine rings is 1. The van der Waals surface area contributed by atoms with Crippen molar-refractivity contribution in [2.45, 2.75) is 52.5 Å². The molecule has 0 bridgehead atoms. The third-order valence-corrected chi connectivity index (χ3v) is 6.50. The van der Waals surface area contributed by atoms with Gasteiger partial charge in [-0.15, -0.1) is 0 Å². The Kier molecular flexibility index (Phi) is 7.45. The van der Waals surface area contributed by atoms with Crippen LogP contribution in [0.4, 0.5) is 0 Å². The van der Waals surface area contributed by atoms with Gasteiger partial charge in [0.1, 0.15) is 17.1 Å². The van der Waals surface area contributed by atoms with Crippen LogP contribution in [0.15, 0.2) is 23.0 Å². The number of H-pyrrole nitrogens is 1. The first-order valence-electron chi connectivity index (χ1n) is 12.1. The van der Waals surface area contributed by atoms with Gasteiger partial charge < -0.3 is 14.8 Å². The maximum absolute atomic E-state index is 12.9. The van der Waals surface area contributed by atoms with Crippen LogP contribution in [0.5, 0.6) is 5.75 Å². The molecule has 2 aromatic heterocycles. The lowest BCUT2D eigenvalue weighted by Gasteiger charge is -2.31. The summed E-state index contributed by atoms with van der Waals surface area (Å²) in [5, 5.41) is 13.7. The summed E-state index contributed by atoms with van der Waals surface area (Å²) in [6, 6.07) is 6.16. The van der Waals surface area contributed by atoms with Gasteiger partial charge in [0.15, 0.2) is 5.52 Å². The van der Waals surface area contributed by atoms with Crippen LogP contribution in [0.25, 0.3) is 22.4 Å². The highest BCUT2D eigenvalue weighted by molar-refractivity contribution is 5.79. The minimum absolute atomic E-state index is 0.189. The van der Waals surface area contributed by atoms with E-state index in [0.717, 1.165) is 68.6 Å². The van der Waals surface area contributed by atoms with Crippen LogP contribution >= 0.6 is 0 Å². The molecule has 0 unspecified atom stereocenters. The Hall–Kier alpha value is -2.71. The van der Waals surface area contributed by atoms with Crippen molar-refractivity contribution in [2.75, 3.05) is 26.3 Å². The van der Waals surface area contributed by atoms with Crippen molar-refractivity contribution in [3.63, 3.8) is 0 Å². The SMILES string of the molecule is CCCc1nn(C)c2c(=O)[nH]c(-c3cc(CN4CCC(CCO)CC4)ccc3OCC)nc12. The molecule has 1 aromatic carbocycles. The molecule has 2 N–H and O–H groups in total. The first-order valence-corrected chi connectivity index (χ1v) is 12.1. The molecule has 0 spiro atoms. The second-order valence-electron chi connectivity index (χ2n) is 8.93. The number of aromatic amines is 1. The second kappa shape index (κ2) is 10.5. The van der Waals surface area contributed by atoms with Crippen LogP contribution in [0.3, 0.4) is 0 Å². The molecule has 4 rings (SSSR count). The summed E-state index contributed by atoms with van der Waals surface area (Å²) in [4.78, 5) is 23.2. The van der Waals surface area contributed by atoms with Gasteiger partial charge in [0.2, 0.25) is 0 Å². The molecule has 8 heteroatoms. The van der Waals surface area contributed by atoms with E-state index >= 15 is 0 Å². The van der Waals surface area contributed by atoms with Crippen LogP contribution in [0.1, 0.15) is 50.8 Å². The van der Waals surface area contributed by atoms with E-state index in [9.17, 15) is 9.90 Å². The lowest BCUT2D eigenvalue weighted by Crippen LogP contribution is -2.33. The number of likely N-dealkylation sites (tertiary alicyclic amines) is 1. The number of hydrogen-bond donors (Lipinski definition) is 2. The number of aryl methyl sites for hydroxylation is 2. The molecule has 178 valence electrons. The van der Waals surface area contributed by atoms with Crippen molar-refractivity contribution in [3.05, 3.63) is 39.8 Å². The zero-order chi connectivity index (χ0) is 23.4. The minimum atomic E-state index is -0.189. The number of aliphatic hydroxyl groups is 1. The molecule has 8 nitrogen and oxygen atoms in total. The Morgan fingerprint density at radius 1 is 1.24 bits per heavy atom. The molecule has 1 saturated heterocycles. The van der Waals surface area contributed by atoms with Crippen LogP contribution in [0, 0.1) is 5.92 Å². The number of ether oxygens (including phenoxy) is 1. The Labute approximate surface area is 194 Å². The Balaban J connectivity index is 1.67. The molecule has 33 heavy (non-hydrogen) atoms. The third-order valence-electron chi connectivity index (χ3n) is 6.50. The molecule has 0 amide bonds. The van der Waals surface area contributed by atoms with Gasteiger partial charge in [0, 0.05) is 20.2 Å². The van der Waals surface area contributed by atoms with Gasteiger partial charge in [0.05, 0.1) is 17.9 Å². The zero-order valence-electron chi connectivity index (χ0n) is 19.9. The molecule has 0 aliphatic carbocycles. The van der Waals surface area contributed by atoms with Gasteiger partial charge in [-0.25, -0.2) is 4.98 Å². The summed E-state index contributed by atoms with van der Waals surface area (Å²) >= 11 is 0. The molecular formula is C25H35N5O3. The highest BCUT2D eigenvalue weighted by atomic mass is 16.5. The van der Waals surface area contributed by atoms with E-state index in [-0.39, 0.29) is 12.2 Å². The average molecular weight is 454 g/mol. The van der Waals surface area contributed by atoms with Crippen LogP contribution in [-0.4, -0.2) is 56.1 Å². The third kappa shape index (κ3) is 5.12. The second-order valence-corrected chi connectivity index (χ2v) is 8.93. The van der Waals surface area contributed by atoms with Gasteiger partial charge in [-0.3, -0.25) is 14.4 Å². The highest BCUT2D eigenvalue weighted by Crippen LogP contribution is 2.31. The van der Waals surface area contributed by atoms with E-state index in [1.54, 1.807) is 11.7 Å². The highest BCUT2D eigenvalue weighted by Gasteiger charge is 2.21. The molecule has 1 aliphatic rings. The van der Waals surface area contributed by atoms with Gasteiger partial charge >= 0.3 is 0 Å².